The van der Waals surface area contributed by atoms with Crippen LogP contribution in [-0.2, 0) is 9.53 Å². The fourth-order valence-corrected chi connectivity index (χ4v) is 2.27. The van der Waals surface area contributed by atoms with Crippen molar-refractivity contribution in [1.82, 2.24) is 10.2 Å². The number of nitrogens with one attached hydrogen (secondary N) is 1. The summed E-state index contributed by atoms with van der Waals surface area (Å²) in [5.74, 6) is -0.472. The summed E-state index contributed by atoms with van der Waals surface area (Å²) in [6, 6.07) is -0.0660. The third-order valence-electron chi connectivity index (χ3n) is 3.65. The summed E-state index contributed by atoms with van der Waals surface area (Å²) in [6.07, 6.45) is 1.63. The van der Waals surface area contributed by atoms with Crippen LogP contribution in [0, 0.1) is 5.92 Å². The lowest BCUT2D eigenvalue weighted by Crippen LogP contribution is -2.58. The summed E-state index contributed by atoms with van der Waals surface area (Å²) in [6.45, 7) is 8.29. The first-order valence-corrected chi connectivity index (χ1v) is 7.18. The Bertz CT molecular complexity index is 344. The number of carbonyl (C=O) groups is 2. The molecule has 6 heteroatoms. The molecule has 0 aliphatic carbocycles. The first kappa shape index (κ1) is 16.8. The third-order valence-corrected chi connectivity index (χ3v) is 3.65. The molecular weight excluding hydrogens is 260 g/mol. The van der Waals surface area contributed by atoms with Gasteiger partial charge in [0.15, 0.2) is 0 Å². The molecule has 1 aliphatic rings. The number of aliphatic carboxylic acids is 1. The number of nitrogens with zero attached hydrogens (tertiary/aromatic N) is 1. The predicted molar refractivity (Wildman–Crippen MR) is 75.7 cm³/mol. The van der Waals surface area contributed by atoms with E-state index in [0.29, 0.717) is 38.6 Å². The van der Waals surface area contributed by atoms with Crippen LogP contribution >= 0.6 is 0 Å². The van der Waals surface area contributed by atoms with Gasteiger partial charge in [0, 0.05) is 19.5 Å². The summed E-state index contributed by atoms with van der Waals surface area (Å²) in [7, 11) is 0. The zero-order valence-electron chi connectivity index (χ0n) is 12.6. The molecule has 0 saturated carbocycles. The molecular formula is C14H26N2O4. The second-order valence-corrected chi connectivity index (χ2v) is 6.07. The van der Waals surface area contributed by atoms with Crippen molar-refractivity contribution < 1.29 is 19.4 Å². The molecule has 0 radical (unpaired) electrons. The molecule has 6 nitrogen and oxygen atoms in total. The first-order valence-electron chi connectivity index (χ1n) is 7.18. The second-order valence-electron chi connectivity index (χ2n) is 6.07. The molecule has 0 aromatic carbocycles. The predicted octanol–water partition coefficient (Wildman–Crippen LogP) is 1.70. The van der Waals surface area contributed by atoms with E-state index < -0.39 is 5.97 Å². The van der Waals surface area contributed by atoms with E-state index in [9.17, 15) is 9.59 Å². The Labute approximate surface area is 120 Å². The van der Waals surface area contributed by atoms with E-state index in [0.717, 1.165) is 6.42 Å². The molecule has 1 fully saturated rings. The maximum absolute atomic E-state index is 12.1. The molecule has 1 saturated heterocycles. The normalized spacial score (nSPS) is 19.4. The molecule has 2 amide bonds. The van der Waals surface area contributed by atoms with Crippen LogP contribution in [-0.4, -0.2) is 53.8 Å². The third kappa shape index (κ3) is 5.36. The summed E-state index contributed by atoms with van der Waals surface area (Å²) in [5.41, 5.74) is -0.280. The average Bonchev–Trinajstić information content (AvgIpc) is 2.35. The van der Waals surface area contributed by atoms with Crippen LogP contribution in [0.4, 0.5) is 4.79 Å². The van der Waals surface area contributed by atoms with Gasteiger partial charge in [0.1, 0.15) is 0 Å². The highest BCUT2D eigenvalue weighted by atomic mass is 16.5. The van der Waals surface area contributed by atoms with Crippen LogP contribution in [0.15, 0.2) is 0 Å². The van der Waals surface area contributed by atoms with Crippen LogP contribution in [0.25, 0.3) is 0 Å². The van der Waals surface area contributed by atoms with Gasteiger partial charge in [0.05, 0.1) is 18.8 Å². The minimum Gasteiger partial charge on any atom is -0.481 e. The maximum Gasteiger partial charge on any atom is 0.318 e. The summed E-state index contributed by atoms with van der Waals surface area (Å²) < 4.78 is 5.38. The Balaban J connectivity index is 2.27. The zero-order chi connectivity index (χ0) is 15.2. The molecule has 1 unspecified atom stereocenters. The Morgan fingerprint density at radius 3 is 2.70 bits per heavy atom. The fraction of sp³-hybridized carbons (Fsp3) is 0.857. The minimum absolute atomic E-state index is 0.0660. The van der Waals surface area contributed by atoms with Crippen LogP contribution in [0.1, 0.15) is 40.0 Å². The Morgan fingerprint density at radius 2 is 2.10 bits per heavy atom. The Hall–Kier alpha value is -1.30. The molecule has 20 heavy (non-hydrogen) atoms. The van der Waals surface area contributed by atoms with Gasteiger partial charge >= 0.3 is 12.0 Å². The number of morpholine rings is 1. The van der Waals surface area contributed by atoms with Gasteiger partial charge in [-0.2, -0.15) is 0 Å². The van der Waals surface area contributed by atoms with E-state index >= 15 is 0 Å². The average molecular weight is 286 g/mol. The number of amides is 2. The first-order chi connectivity index (χ1) is 9.33. The molecule has 1 aliphatic heterocycles. The van der Waals surface area contributed by atoms with Gasteiger partial charge in [-0.1, -0.05) is 6.92 Å². The lowest BCUT2D eigenvalue weighted by Gasteiger charge is -2.41. The summed E-state index contributed by atoms with van der Waals surface area (Å²) >= 11 is 0. The number of rotatable bonds is 6. The molecule has 1 atom stereocenters. The van der Waals surface area contributed by atoms with E-state index in [-0.39, 0.29) is 18.0 Å². The van der Waals surface area contributed by atoms with Crippen molar-refractivity contribution in [3.8, 4) is 0 Å². The van der Waals surface area contributed by atoms with Crippen LogP contribution in [0.5, 0.6) is 0 Å². The van der Waals surface area contributed by atoms with E-state index in [1.807, 2.05) is 20.8 Å². The van der Waals surface area contributed by atoms with Crippen molar-refractivity contribution in [3.63, 3.8) is 0 Å². The highest BCUT2D eigenvalue weighted by Crippen LogP contribution is 2.18. The van der Waals surface area contributed by atoms with Crippen molar-refractivity contribution in [2.45, 2.75) is 45.6 Å². The smallest absolute Gasteiger partial charge is 0.318 e. The number of hydrogen-bond acceptors (Lipinski definition) is 3. The van der Waals surface area contributed by atoms with Gasteiger partial charge in [0.25, 0.3) is 0 Å². The van der Waals surface area contributed by atoms with E-state index in [2.05, 4.69) is 5.32 Å². The van der Waals surface area contributed by atoms with Gasteiger partial charge < -0.3 is 20.1 Å². The molecule has 1 rings (SSSR count). The number of hydrogen-bond donors (Lipinski definition) is 2. The number of carboxylic acid groups (broad SMARTS) is 1. The highest BCUT2D eigenvalue weighted by Gasteiger charge is 2.33. The molecule has 1 heterocycles. The molecule has 2 N–H and O–H groups in total. The zero-order valence-corrected chi connectivity index (χ0v) is 12.6. The number of ether oxygens (including phenoxy) is 1. The van der Waals surface area contributed by atoms with Crippen molar-refractivity contribution in [2.24, 2.45) is 5.92 Å². The monoisotopic (exact) mass is 286 g/mol. The van der Waals surface area contributed by atoms with Crippen LogP contribution in [0.2, 0.25) is 0 Å². The van der Waals surface area contributed by atoms with Crippen LogP contribution < -0.4 is 5.32 Å². The van der Waals surface area contributed by atoms with Gasteiger partial charge in [0.2, 0.25) is 0 Å². The Morgan fingerprint density at radius 1 is 1.40 bits per heavy atom. The highest BCUT2D eigenvalue weighted by molar-refractivity contribution is 5.75. The summed E-state index contributed by atoms with van der Waals surface area (Å²) in [4.78, 5) is 24.4. The topological polar surface area (TPSA) is 78.9 Å². The van der Waals surface area contributed by atoms with Crippen molar-refractivity contribution >= 4 is 12.0 Å². The van der Waals surface area contributed by atoms with Crippen molar-refractivity contribution in [1.29, 1.82) is 0 Å². The standard InChI is InChI=1S/C14H26N2O4/c1-11(4-5-12(17)18)6-7-15-13(19)16-8-9-20-10-14(16,2)3/h11H,4-10H2,1-3H3,(H,15,19)(H,17,18). The number of carboxylic acids is 1. The molecule has 0 bridgehead atoms. The number of carbonyl (C=O) groups excluding carboxylic acids is 1. The SMILES string of the molecule is CC(CCNC(=O)N1CCOCC1(C)C)CCC(=O)O. The molecule has 0 spiro atoms. The van der Waals surface area contributed by atoms with Crippen molar-refractivity contribution in [2.75, 3.05) is 26.3 Å². The second kappa shape index (κ2) is 7.47. The van der Waals surface area contributed by atoms with E-state index in [1.165, 1.54) is 0 Å². The molecule has 0 aromatic heterocycles. The quantitative estimate of drug-likeness (QED) is 0.779. The largest absolute Gasteiger partial charge is 0.481 e. The fourth-order valence-electron chi connectivity index (χ4n) is 2.27. The molecule has 0 aromatic rings. The van der Waals surface area contributed by atoms with Gasteiger partial charge in [-0.25, -0.2) is 4.79 Å². The van der Waals surface area contributed by atoms with Crippen LogP contribution in [0.3, 0.4) is 0 Å². The van der Waals surface area contributed by atoms with Gasteiger partial charge in [-0.15, -0.1) is 0 Å². The summed E-state index contributed by atoms with van der Waals surface area (Å²) in [5, 5.41) is 11.5. The molecule has 116 valence electrons. The maximum atomic E-state index is 12.1. The Kier molecular flexibility index (Phi) is 6.26. The minimum atomic E-state index is -0.768. The number of urea groups is 1. The van der Waals surface area contributed by atoms with E-state index in [1.54, 1.807) is 4.90 Å². The lowest BCUT2D eigenvalue weighted by atomic mass is 10.0. The van der Waals surface area contributed by atoms with Gasteiger partial charge in [-0.05, 0) is 32.6 Å². The van der Waals surface area contributed by atoms with Gasteiger partial charge in [-0.3, -0.25) is 4.79 Å². The van der Waals surface area contributed by atoms with E-state index in [4.69, 9.17) is 9.84 Å². The van der Waals surface area contributed by atoms with Crippen molar-refractivity contribution in [3.05, 3.63) is 0 Å². The lowest BCUT2D eigenvalue weighted by molar-refractivity contribution is -0.137.